The molecule has 2 rings (SSSR count). The second-order valence-electron chi connectivity index (χ2n) is 5.57. The maximum absolute atomic E-state index is 12.5. The highest BCUT2D eigenvalue weighted by Gasteiger charge is 2.34. The van der Waals surface area contributed by atoms with Gasteiger partial charge in [-0.25, -0.2) is 4.79 Å². The molecular weight excluding hydrogens is 322 g/mol. The molecule has 0 aliphatic heterocycles. The van der Waals surface area contributed by atoms with Gasteiger partial charge in [0.15, 0.2) is 0 Å². The van der Waals surface area contributed by atoms with Gasteiger partial charge in [-0.3, -0.25) is 4.79 Å². The van der Waals surface area contributed by atoms with Crippen molar-refractivity contribution in [3.8, 4) is 0 Å². The zero-order valence-electron chi connectivity index (χ0n) is 11.4. The molecule has 0 radical (unpaired) electrons. The summed E-state index contributed by atoms with van der Waals surface area (Å²) in [5.41, 5.74) is 0.0701. The van der Waals surface area contributed by atoms with Gasteiger partial charge in [0.05, 0.1) is 11.3 Å². The van der Waals surface area contributed by atoms with Gasteiger partial charge in [0.1, 0.15) is 0 Å². The number of carboxylic acid groups (broad SMARTS) is 1. The first-order chi connectivity index (χ1) is 9.42. The predicted octanol–water partition coefficient (Wildman–Crippen LogP) is 4.06. The quantitative estimate of drug-likeness (QED) is 0.872. The van der Waals surface area contributed by atoms with Crippen LogP contribution in [0.1, 0.15) is 49.4 Å². The first kappa shape index (κ1) is 15.0. The van der Waals surface area contributed by atoms with E-state index in [-0.39, 0.29) is 11.5 Å². The number of hydrogen-bond donors (Lipinski definition) is 2. The standard InChI is InChI=1S/C15H18BrNO3/c1-15(7-3-2-4-8-15)14(20)17-12-9-10(16)5-6-11(12)13(18)19/h5-6,9H,2-4,7-8H2,1H3,(H,17,20)(H,18,19). The van der Waals surface area contributed by atoms with Gasteiger partial charge in [-0.15, -0.1) is 0 Å². The molecule has 1 saturated carbocycles. The Bertz CT molecular complexity index is 536. The average Bonchev–Trinajstić information content (AvgIpc) is 2.39. The Kier molecular flexibility index (Phi) is 4.48. The Hall–Kier alpha value is -1.36. The Morgan fingerprint density at radius 1 is 1.25 bits per heavy atom. The van der Waals surface area contributed by atoms with Crippen LogP contribution < -0.4 is 5.32 Å². The third-order valence-electron chi connectivity index (χ3n) is 3.97. The Labute approximate surface area is 126 Å². The number of aromatic carboxylic acids is 1. The summed E-state index contributed by atoms with van der Waals surface area (Å²) in [4.78, 5) is 23.7. The fraction of sp³-hybridized carbons (Fsp3) is 0.467. The van der Waals surface area contributed by atoms with E-state index in [1.807, 2.05) is 6.92 Å². The minimum absolute atomic E-state index is 0.0854. The lowest BCUT2D eigenvalue weighted by Gasteiger charge is -2.32. The molecule has 0 bridgehead atoms. The Morgan fingerprint density at radius 3 is 2.50 bits per heavy atom. The van der Waals surface area contributed by atoms with E-state index in [0.717, 1.165) is 30.2 Å². The van der Waals surface area contributed by atoms with Crippen molar-refractivity contribution in [2.45, 2.75) is 39.0 Å². The number of halogens is 1. The lowest BCUT2D eigenvalue weighted by molar-refractivity contribution is -0.126. The molecule has 0 aromatic heterocycles. The fourth-order valence-electron chi connectivity index (χ4n) is 2.64. The molecular formula is C15H18BrNO3. The van der Waals surface area contributed by atoms with E-state index in [9.17, 15) is 14.7 Å². The van der Waals surface area contributed by atoms with Crippen LogP contribution in [-0.2, 0) is 4.79 Å². The van der Waals surface area contributed by atoms with Crippen LogP contribution in [0.2, 0.25) is 0 Å². The number of nitrogens with one attached hydrogen (secondary N) is 1. The van der Waals surface area contributed by atoms with Gasteiger partial charge in [0.25, 0.3) is 0 Å². The van der Waals surface area contributed by atoms with Gasteiger partial charge in [-0.05, 0) is 31.0 Å². The van der Waals surface area contributed by atoms with E-state index in [4.69, 9.17) is 0 Å². The topological polar surface area (TPSA) is 66.4 Å². The molecule has 0 spiro atoms. The van der Waals surface area contributed by atoms with Gasteiger partial charge in [0.2, 0.25) is 5.91 Å². The van der Waals surface area contributed by atoms with Gasteiger partial charge < -0.3 is 10.4 Å². The molecule has 1 aliphatic rings. The SMILES string of the molecule is CC1(C(=O)Nc2cc(Br)ccc2C(=O)O)CCCCC1. The summed E-state index contributed by atoms with van der Waals surface area (Å²) < 4.78 is 0.742. The van der Waals surface area contributed by atoms with E-state index >= 15 is 0 Å². The Morgan fingerprint density at radius 2 is 1.90 bits per heavy atom. The third kappa shape index (κ3) is 3.20. The van der Waals surface area contributed by atoms with Crippen LogP contribution >= 0.6 is 15.9 Å². The van der Waals surface area contributed by atoms with E-state index in [1.54, 1.807) is 12.1 Å². The summed E-state index contributed by atoms with van der Waals surface area (Å²) >= 11 is 3.30. The number of carbonyl (C=O) groups excluding carboxylic acids is 1. The summed E-state index contributed by atoms with van der Waals surface area (Å²) in [6.07, 6.45) is 4.98. The van der Waals surface area contributed by atoms with Crippen molar-refractivity contribution in [1.82, 2.24) is 0 Å². The smallest absolute Gasteiger partial charge is 0.337 e. The maximum atomic E-state index is 12.5. The zero-order valence-corrected chi connectivity index (χ0v) is 13.0. The summed E-state index contributed by atoms with van der Waals surface area (Å²) in [5.74, 6) is -1.13. The van der Waals surface area contributed by atoms with E-state index < -0.39 is 11.4 Å². The summed E-state index contributed by atoms with van der Waals surface area (Å²) in [5, 5.41) is 12.0. The van der Waals surface area contributed by atoms with Crippen molar-refractivity contribution in [3.63, 3.8) is 0 Å². The third-order valence-corrected chi connectivity index (χ3v) is 4.46. The second-order valence-corrected chi connectivity index (χ2v) is 6.49. The maximum Gasteiger partial charge on any atom is 0.337 e. The summed E-state index contributed by atoms with van der Waals surface area (Å²) in [6.45, 7) is 1.96. The van der Waals surface area contributed by atoms with E-state index in [1.165, 1.54) is 12.5 Å². The molecule has 2 N–H and O–H groups in total. The van der Waals surface area contributed by atoms with E-state index in [0.29, 0.717) is 5.69 Å². The van der Waals surface area contributed by atoms with Crippen molar-refractivity contribution in [1.29, 1.82) is 0 Å². The summed E-state index contributed by atoms with van der Waals surface area (Å²) in [6, 6.07) is 4.78. The molecule has 0 atom stereocenters. The molecule has 1 aliphatic carbocycles. The van der Waals surface area contributed by atoms with Crippen LogP contribution in [0.4, 0.5) is 5.69 Å². The van der Waals surface area contributed by atoms with Crippen molar-refractivity contribution in [3.05, 3.63) is 28.2 Å². The van der Waals surface area contributed by atoms with Crippen LogP contribution in [0.25, 0.3) is 0 Å². The molecule has 5 heteroatoms. The van der Waals surface area contributed by atoms with Gasteiger partial charge >= 0.3 is 5.97 Å². The molecule has 108 valence electrons. The monoisotopic (exact) mass is 339 g/mol. The number of anilines is 1. The molecule has 1 fully saturated rings. The van der Waals surface area contributed by atoms with Crippen LogP contribution in [0.15, 0.2) is 22.7 Å². The molecule has 1 aromatic carbocycles. The highest BCUT2D eigenvalue weighted by atomic mass is 79.9. The van der Waals surface area contributed by atoms with Crippen molar-refractivity contribution >= 4 is 33.5 Å². The molecule has 0 saturated heterocycles. The molecule has 20 heavy (non-hydrogen) atoms. The van der Waals surface area contributed by atoms with Crippen LogP contribution in [-0.4, -0.2) is 17.0 Å². The number of hydrogen-bond acceptors (Lipinski definition) is 2. The highest BCUT2D eigenvalue weighted by molar-refractivity contribution is 9.10. The number of benzene rings is 1. The van der Waals surface area contributed by atoms with Gasteiger partial charge in [0, 0.05) is 9.89 Å². The molecule has 1 aromatic rings. The number of amides is 1. The van der Waals surface area contributed by atoms with Crippen molar-refractivity contribution < 1.29 is 14.7 Å². The largest absolute Gasteiger partial charge is 0.478 e. The highest BCUT2D eigenvalue weighted by Crippen LogP contribution is 2.37. The number of carbonyl (C=O) groups is 2. The first-order valence-corrected chi connectivity index (χ1v) is 7.56. The minimum atomic E-state index is -1.04. The average molecular weight is 340 g/mol. The van der Waals surface area contributed by atoms with Gasteiger partial charge in [-0.1, -0.05) is 42.1 Å². The molecule has 0 unspecified atom stereocenters. The summed E-state index contributed by atoms with van der Waals surface area (Å²) in [7, 11) is 0. The van der Waals surface area contributed by atoms with Crippen LogP contribution in [0, 0.1) is 5.41 Å². The first-order valence-electron chi connectivity index (χ1n) is 6.77. The number of rotatable bonds is 3. The molecule has 4 nitrogen and oxygen atoms in total. The van der Waals surface area contributed by atoms with Crippen LogP contribution in [0.5, 0.6) is 0 Å². The second kappa shape index (κ2) is 5.95. The van der Waals surface area contributed by atoms with Crippen LogP contribution in [0.3, 0.4) is 0 Å². The van der Waals surface area contributed by atoms with Gasteiger partial charge in [-0.2, -0.15) is 0 Å². The van der Waals surface area contributed by atoms with Crippen molar-refractivity contribution in [2.75, 3.05) is 5.32 Å². The lowest BCUT2D eigenvalue weighted by Crippen LogP contribution is -2.35. The minimum Gasteiger partial charge on any atom is -0.478 e. The fourth-order valence-corrected chi connectivity index (χ4v) is 3.00. The van der Waals surface area contributed by atoms with Crippen molar-refractivity contribution in [2.24, 2.45) is 5.41 Å². The number of carboxylic acids is 1. The predicted molar refractivity (Wildman–Crippen MR) is 80.9 cm³/mol. The zero-order chi connectivity index (χ0) is 14.8. The lowest BCUT2D eigenvalue weighted by atomic mass is 9.75. The molecule has 0 heterocycles. The Balaban J connectivity index is 2.23. The normalized spacial score (nSPS) is 17.5. The van der Waals surface area contributed by atoms with E-state index in [2.05, 4.69) is 21.2 Å². The molecule has 1 amide bonds.